The van der Waals surface area contributed by atoms with Gasteiger partial charge in [-0.1, -0.05) is 24.3 Å². The first kappa shape index (κ1) is 15.8. The minimum atomic E-state index is 0.667. The fourth-order valence-corrected chi connectivity index (χ4v) is 3.05. The predicted molar refractivity (Wildman–Crippen MR) is 103 cm³/mol. The monoisotopic (exact) mass is 336 g/mol. The molecule has 0 aliphatic carbocycles. The molecule has 2 aromatic heterocycles. The molecular weight excluding hydrogens is 320 g/mol. The number of pyridine rings is 2. The first-order valence-electron chi connectivity index (χ1n) is 8.35. The van der Waals surface area contributed by atoms with E-state index in [0.717, 1.165) is 28.1 Å². The Morgan fingerprint density at radius 1 is 0.962 bits per heavy atom. The molecule has 4 nitrogen and oxygen atoms in total. The smallest absolute Gasteiger partial charge is 0.0998 e. The van der Waals surface area contributed by atoms with E-state index >= 15 is 0 Å². The second-order valence-corrected chi connectivity index (χ2v) is 5.97. The van der Waals surface area contributed by atoms with E-state index in [9.17, 15) is 5.26 Å². The molecule has 0 radical (unpaired) electrons. The third-order valence-electron chi connectivity index (χ3n) is 4.30. The number of rotatable bonds is 3. The first-order chi connectivity index (χ1) is 12.8. The van der Waals surface area contributed by atoms with Crippen molar-refractivity contribution in [3.05, 3.63) is 102 Å². The van der Waals surface area contributed by atoms with Crippen molar-refractivity contribution in [2.45, 2.75) is 0 Å². The molecule has 1 aliphatic heterocycles. The third kappa shape index (κ3) is 3.11. The zero-order valence-corrected chi connectivity index (χ0v) is 14.1. The zero-order valence-electron chi connectivity index (χ0n) is 14.1. The number of aromatic nitrogens is 2. The minimum Gasteiger partial charge on any atom is -0.342 e. The van der Waals surface area contributed by atoms with Crippen molar-refractivity contribution in [3.8, 4) is 6.07 Å². The predicted octanol–water partition coefficient (Wildman–Crippen LogP) is 4.29. The molecule has 0 fully saturated rings. The molecule has 4 heteroatoms. The molecule has 0 saturated carbocycles. The van der Waals surface area contributed by atoms with E-state index < -0.39 is 0 Å². The van der Waals surface area contributed by atoms with Crippen LogP contribution < -0.4 is 4.90 Å². The Morgan fingerprint density at radius 2 is 1.85 bits per heavy atom. The summed E-state index contributed by atoms with van der Waals surface area (Å²) in [5.74, 6) is 0. The van der Waals surface area contributed by atoms with Crippen molar-refractivity contribution in [1.82, 2.24) is 9.97 Å². The van der Waals surface area contributed by atoms with E-state index in [0.29, 0.717) is 12.1 Å². The number of hydrogen-bond donors (Lipinski definition) is 0. The van der Waals surface area contributed by atoms with Gasteiger partial charge in [-0.3, -0.25) is 9.97 Å². The lowest BCUT2D eigenvalue weighted by Gasteiger charge is -2.27. The van der Waals surface area contributed by atoms with Crippen LogP contribution >= 0.6 is 0 Å². The Hall–Kier alpha value is -3.71. The maximum Gasteiger partial charge on any atom is 0.0998 e. The van der Waals surface area contributed by atoms with E-state index in [1.165, 1.54) is 0 Å². The Morgan fingerprint density at radius 3 is 2.62 bits per heavy atom. The van der Waals surface area contributed by atoms with Crippen molar-refractivity contribution in [2.75, 3.05) is 11.4 Å². The van der Waals surface area contributed by atoms with Crippen LogP contribution in [0.15, 0.2) is 85.5 Å². The molecule has 0 amide bonds. The maximum absolute atomic E-state index is 9.49. The zero-order chi connectivity index (χ0) is 17.8. The normalized spacial score (nSPS) is 13.6. The van der Waals surface area contributed by atoms with E-state index in [2.05, 4.69) is 33.2 Å². The number of benzene rings is 1. The highest BCUT2D eigenvalue weighted by Crippen LogP contribution is 2.31. The Labute approximate surface area is 152 Å². The van der Waals surface area contributed by atoms with Crippen LogP contribution in [0.25, 0.3) is 11.1 Å². The van der Waals surface area contributed by atoms with E-state index in [1.807, 2.05) is 60.8 Å². The van der Waals surface area contributed by atoms with Gasteiger partial charge in [-0.25, -0.2) is 0 Å². The van der Waals surface area contributed by atoms with E-state index in [4.69, 9.17) is 0 Å². The summed E-state index contributed by atoms with van der Waals surface area (Å²) in [6, 6.07) is 19.8. The molecule has 124 valence electrons. The minimum absolute atomic E-state index is 0.667. The van der Waals surface area contributed by atoms with Crippen LogP contribution in [0.1, 0.15) is 16.8 Å². The van der Waals surface area contributed by atoms with Gasteiger partial charge in [-0.2, -0.15) is 5.26 Å². The second-order valence-electron chi connectivity index (χ2n) is 5.97. The highest BCUT2D eigenvalue weighted by atomic mass is 15.1. The molecule has 1 aliphatic rings. The van der Waals surface area contributed by atoms with Gasteiger partial charge in [0, 0.05) is 30.7 Å². The van der Waals surface area contributed by atoms with Gasteiger partial charge in [0.05, 0.1) is 29.2 Å². The lowest BCUT2D eigenvalue weighted by molar-refractivity contribution is 1.07. The average molecular weight is 336 g/mol. The highest BCUT2D eigenvalue weighted by molar-refractivity contribution is 5.89. The Balaban J connectivity index is 1.83. The number of anilines is 1. The van der Waals surface area contributed by atoms with Gasteiger partial charge in [0.15, 0.2) is 0 Å². The maximum atomic E-state index is 9.49. The topological polar surface area (TPSA) is 52.8 Å². The van der Waals surface area contributed by atoms with Crippen molar-refractivity contribution in [1.29, 1.82) is 5.26 Å². The molecule has 26 heavy (non-hydrogen) atoms. The lowest BCUT2D eigenvalue weighted by atomic mass is 9.95. The van der Waals surface area contributed by atoms with Gasteiger partial charge in [0.1, 0.15) is 0 Å². The molecule has 0 saturated heterocycles. The number of hydrogen-bond acceptors (Lipinski definition) is 4. The summed E-state index contributed by atoms with van der Waals surface area (Å²) in [4.78, 5) is 10.9. The van der Waals surface area contributed by atoms with Gasteiger partial charge >= 0.3 is 0 Å². The summed E-state index contributed by atoms with van der Waals surface area (Å²) >= 11 is 0. The van der Waals surface area contributed by atoms with Crippen LogP contribution in [-0.4, -0.2) is 16.5 Å². The summed E-state index contributed by atoms with van der Waals surface area (Å²) in [5, 5.41) is 9.49. The van der Waals surface area contributed by atoms with E-state index in [-0.39, 0.29) is 0 Å². The number of allylic oxidation sites excluding steroid dienone is 2. The second kappa shape index (κ2) is 7.04. The van der Waals surface area contributed by atoms with Gasteiger partial charge in [-0.15, -0.1) is 0 Å². The van der Waals surface area contributed by atoms with Crippen LogP contribution in [0.5, 0.6) is 0 Å². The SMILES string of the molecule is N#Cc1ccccc1C1=CC(c2ccccn2)=CN(c2cccnc2)C1. The third-order valence-corrected chi connectivity index (χ3v) is 4.30. The van der Waals surface area contributed by atoms with Gasteiger partial charge in [0.25, 0.3) is 0 Å². The lowest BCUT2D eigenvalue weighted by Crippen LogP contribution is -2.22. The highest BCUT2D eigenvalue weighted by Gasteiger charge is 2.18. The van der Waals surface area contributed by atoms with Crippen molar-refractivity contribution < 1.29 is 0 Å². The quantitative estimate of drug-likeness (QED) is 0.716. The summed E-state index contributed by atoms with van der Waals surface area (Å²) in [7, 11) is 0. The number of nitrogens with zero attached hydrogens (tertiary/aromatic N) is 4. The molecular formula is C22H16N4. The van der Waals surface area contributed by atoms with Crippen LogP contribution in [0.2, 0.25) is 0 Å². The van der Waals surface area contributed by atoms with Gasteiger partial charge in [-0.05, 0) is 47.5 Å². The molecule has 4 rings (SSSR count). The van der Waals surface area contributed by atoms with Crippen LogP contribution in [0, 0.1) is 11.3 Å². The van der Waals surface area contributed by atoms with Crippen molar-refractivity contribution in [3.63, 3.8) is 0 Å². The summed E-state index contributed by atoms with van der Waals surface area (Å²) in [6.07, 6.45) is 9.59. The summed E-state index contributed by atoms with van der Waals surface area (Å²) in [6.45, 7) is 0.667. The fourth-order valence-electron chi connectivity index (χ4n) is 3.05. The molecule has 0 atom stereocenters. The standard InChI is InChI=1S/C22H16N4/c23-13-17-6-1-2-8-21(17)18-12-19(22-9-3-4-11-25-22)16-26(15-18)20-7-5-10-24-14-20/h1-12,14,16H,15H2. The Bertz CT molecular complexity index is 1010. The molecule has 1 aromatic carbocycles. The van der Waals surface area contributed by atoms with Crippen LogP contribution in [-0.2, 0) is 0 Å². The molecule has 0 unspecified atom stereocenters. The van der Waals surface area contributed by atoms with Crippen LogP contribution in [0.3, 0.4) is 0 Å². The molecule has 0 bridgehead atoms. The van der Waals surface area contributed by atoms with Crippen LogP contribution in [0.4, 0.5) is 5.69 Å². The summed E-state index contributed by atoms with van der Waals surface area (Å²) < 4.78 is 0. The molecule has 3 heterocycles. The largest absolute Gasteiger partial charge is 0.342 e. The van der Waals surface area contributed by atoms with Crippen molar-refractivity contribution in [2.24, 2.45) is 0 Å². The van der Waals surface area contributed by atoms with Crippen molar-refractivity contribution >= 4 is 16.8 Å². The van der Waals surface area contributed by atoms with Gasteiger partial charge < -0.3 is 4.90 Å². The average Bonchev–Trinajstić information content (AvgIpc) is 2.74. The van der Waals surface area contributed by atoms with Gasteiger partial charge in [0.2, 0.25) is 0 Å². The fraction of sp³-hybridized carbons (Fsp3) is 0.0455. The molecule has 0 N–H and O–H groups in total. The Kier molecular flexibility index (Phi) is 4.28. The van der Waals surface area contributed by atoms with E-state index in [1.54, 1.807) is 12.4 Å². The first-order valence-corrected chi connectivity index (χ1v) is 8.35. The summed E-state index contributed by atoms with van der Waals surface area (Å²) in [5.41, 5.74) is 5.60. The molecule has 0 spiro atoms. The molecule has 3 aromatic rings. The number of nitriles is 1.